The Bertz CT molecular complexity index is 821. The second-order valence-electron chi connectivity index (χ2n) is 7.94. The fourth-order valence-electron chi connectivity index (χ4n) is 4.80. The first-order chi connectivity index (χ1) is 13.3. The first-order valence-electron chi connectivity index (χ1n) is 10.4. The third-order valence-corrected chi connectivity index (χ3v) is 6.34. The second-order valence-corrected chi connectivity index (χ2v) is 8.38. The molecule has 2 aromatic rings. The zero-order valence-corrected chi connectivity index (χ0v) is 16.9. The molecule has 1 aromatic heterocycles. The molecule has 1 saturated heterocycles. The minimum absolute atomic E-state index is 0.354. The van der Waals surface area contributed by atoms with Crippen LogP contribution in [0.5, 0.6) is 0 Å². The number of pyridine rings is 1. The number of nitrogens with one attached hydrogen (secondary N) is 1. The number of rotatable bonds is 3. The highest BCUT2D eigenvalue weighted by Crippen LogP contribution is 2.41. The third-order valence-electron chi connectivity index (χ3n) is 6.11. The molecule has 0 radical (unpaired) electrons. The summed E-state index contributed by atoms with van der Waals surface area (Å²) >= 11 is 6.42. The number of benzene rings is 1. The molecule has 3 heteroatoms. The van der Waals surface area contributed by atoms with E-state index in [2.05, 4.69) is 48.6 Å². The number of piperidine rings is 1. The summed E-state index contributed by atoms with van der Waals surface area (Å²) in [5.41, 5.74) is 6.95. The van der Waals surface area contributed by atoms with Crippen LogP contribution in [0.4, 0.5) is 0 Å². The highest BCUT2D eigenvalue weighted by molar-refractivity contribution is 6.30. The number of hydrogen-bond donors (Lipinski definition) is 1. The highest BCUT2D eigenvalue weighted by atomic mass is 35.5. The van der Waals surface area contributed by atoms with Gasteiger partial charge in [-0.2, -0.15) is 0 Å². The highest BCUT2D eigenvalue weighted by Gasteiger charge is 2.31. The lowest BCUT2D eigenvalue weighted by Gasteiger charge is -2.32. The molecular weight excluding hydrogens is 352 g/mol. The topological polar surface area (TPSA) is 24.9 Å². The Morgan fingerprint density at radius 3 is 2.81 bits per heavy atom. The van der Waals surface area contributed by atoms with Crippen molar-refractivity contribution in [2.24, 2.45) is 5.92 Å². The van der Waals surface area contributed by atoms with E-state index in [9.17, 15) is 0 Å². The third kappa shape index (κ3) is 4.12. The summed E-state index contributed by atoms with van der Waals surface area (Å²) in [5.74, 6) is 0.980. The number of fused-ring (bicyclic) bond motifs is 2. The lowest BCUT2D eigenvalue weighted by Crippen LogP contribution is -2.32. The van der Waals surface area contributed by atoms with Crippen LogP contribution < -0.4 is 5.32 Å². The molecule has 4 rings (SSSR count). The zero-order chi connectivity index (χ0) is 18.6. The van der Waals surface area contributed by atoms with Crippen LogP contribution in [0, 0.1) is 5.92 Å². The van der Waals surface area contributed by atoms with Gasteiger partial charge < -0.3 is 5.32 Å². The Morgan fingerprint density at radius 1 is 1.15 bits per heavy atom. The van der Waals surface area contributed by atoms with Crippen molar-refractivity contribution in [3.63, 3.8) is 0 Å². The van der Waals surface area contributed by atoms with Crippen molar-refractivity contribution >= 4 is 17.7 Å². The summed E-state index contributed by atoms with van der Waals surface area (Å²) in [5, 5.41) is 4.35. The van der Waals surface area contributed by atoms with E-state index in [4.69, 9.17) is 16.6 Å². The van der Waals surface area contributed by atoms with Gasteiger partial charge in [0.15, 0.2) is 0 Å². The van der Waals surface area contributed by atoms with Gasteiger partial charge in [0.1, 0.15) is 0 Å². The summed E-state index contributed by atoms with van der Waals surface area (Å²) in [6.07, 6.45) is 11.3. The number of nitrogens with zero attached hydrogens (tertiary/aromatic N) is 1. The molecule has 1 fully saturated rings. The van der Waals surface area contributed by atoms with E-state index in [1.54, 1.807) is 0 Å². The summed E-state index contributed by atoms with van der Waals surface area (Å²) < 4.78 is 0. The molecule has 2 aliphatic rings. The lowest BCUT2D eigenvalue weighted by atomic mass is 9.75. The van der Waals surface area contributed by atoms with Crippen LogP contribution in [-0.4, -0.2) is 18.1 Å². The minimum atomic E-state index is 0.354. The van der Waals surface area contributed by atoms with Crippen LogP contribution in [0.25, 0.3) is 6.08 Å². The smallest absolute Gasteiger partial charge is 0.0513 e. The predicted octanol–water partition coefficient (Wildman–Crippen LogP) is 6.00. The van der Waals surface area contributed by atoms with Crippen molar-refractivity contribution in [2.75, 3.05) is 13.1 Å². The first kappa shape index (κ1) is 18.7. The molecule has 142 valence electrons. The summed E-state index contributed by atoms with van der Waals surface area (Å²) in [4.78, 5) is 4.94. The van der Waals surface area contributed by atoms with Crippen molar-refractivity contribution < 1.29 is 0 Å². The van der Waals surface area contributed by atoms with Gasteiger partial charge in [0.05, 0.1) is 5.69 Å². The Hall–Kier alpha value is -1.64. The number of allylic oxidation sites excluding steroid dienone is 1. The van der Waals surface area contributed by atoms with Gasteiger partial charge in [-0.1, -0.05) is 48.7 Å². The lowest BCUT2D eigenvalue weighted by molar-refractivity contribution is 0.338. The fraction of sp³-hybridized carbons (Fsp3) is 0.458. The van der Waals surface area contributed by atoms with Crippen LogP contribution in [0.2, 0.25) is 5.02 Å². The molecule has 1 aliphatic heterocycles. The quantitative estimate of drug-likeness (QED) is 0.706. The second kappa shape index (κ2) is 8.58. The standard InChI is InChI=1S/C24H29ClN2/c1-2-4-17-6-7-19-5-3-12-27-24(19)23(18-10-13-26-14-11-18)22-9-8-21(25)16-20(22)15-17/h3,5,8-9,12,15-16,18,23,26H,2,4,6-7,10-11,13-14H2,1H3/b17-15-. The monoisotopic (exact) mass is 380 g/mol. The van der Waals surface area contributed by atoms with Gasteiger partial charge in [-0.3, -0.25) is 4.98 Å². The van der Waals surface area contributed by atoms with E-state index in [-0.39, 0.29) is 0 Å². The van der Waals surface area contributed by atoms with E-state index in [1.165, 1.54) is 47.2 Å². The van der Waals surface area contributed by atoms with Crippen molar-refractivity contribution in [1.82, 2.24) is 10.3 Å². The molecule has 2 heterocycles. The Labute approximate surface area is 168 Å². The van der Waals surface area contributed by atoms with Crippen molar-refractivity contribution in [3.8, 4) is 0 Å². The molecule has 0 saturated carbocycles. The Balaban J connectivity index is 1.90. The summed E-state index contributed by atoms with van der Waals surface area (Å²) in [6, 6.07) is 10.9. The van der Waals surface area contributed by atoms with Gasteiger partial charge in [0, 0.05) is 17.1 Å². The number of hydrogen-bond acceptors (Lipinski definition) is 2. The van der Waals surface area contributed by atoms with Crippen molar-refractivity contribution in [1.29, 1.82) is 0 Å². The zero-order valence-electron chi connectivity index (χ0n) is 16.2. The van der Waals surface area contributed by atoms with E-state index in [0.29, 0.717) is 11.8 Å². The van der Waals surface area contributed by atoms with Crippen LogP contribution >= 0.6 is 11.6 Å². The SMILES string of the molecule is CCC/C1=C/c2cc(Cl)ccc2C(C2CCNCC2)c2ncccc2CC1. The average Bonchev–Trinajstić information content (AvgIpc) is 2.75. The first-order valence-corrected chi connectivity index (χ1v) is 10.8. The number of aryl methyl sites for hydroxylation is 1. The van der Waals surface area contributed by atoms with Gasteiger partial charge in [-0.15, -0.1) is 0 Å². The van der Waals surface area contributed by atoms with Crippen LogP contribution in [0.3, 0.4) is 0 Å². The van der Waals surface area contributed by atoms with E-state index < -0.39 is 0 Å². The minimum Gasteiger partial charge on any atom is -0.317 e. The Kier molecular flexibility index (Phi) is 5.95. The number of aromatic nitrogens is 1. The van der Waals surface area contributed by atoms with Gasteiger partial charge in [-0.25, -0.2) is 0 Å². The number of halogens is 1. The molecule has 27 heavy (non-hydrogen) atoms. The maximum Gasteiger partial charge on any atom is 0.0513 e. The summed E-state index contributed by atoms with van der Waals surface area (Å²) in [7, 11) is 0. The molecule has 1 N–H and O–H groups in total. The maximum absolute atomic E-state index is 6.42. The molecule has 0 spiro atoms. The maximum atomic E-state index is 6.42. The summed E-state index contributed by atoms with van der Waals surface area (Å²) in [6.45, 7) is 4.46. The largest absolute Gasteiger partial charge is 0.317 e. The van der Waals surface area contributed by atoms with Crippen molar-refractivity contribution in [2.45, 2.75) is 51.4 Å². The molecule has 1 atom stereocenters. The molecular formula is C24H29ClN2. The van der Waals surface area contributed by atoms with E-state index >= 15 is 0 Å². The normalized spacial score (nSPS) is 22.6. The van der Waals surface area contributed by atoms with Gasteiger partial charge in [0.25, 0.3) is 0 Å². The van der Waals surface area contributed by atoms with E-state index in [0.717, 1.165) is 37.4 Å². The molecule has 2 nitrogen and oxygen atoms in total. The molecule has 1 aliphatic carbocycles. The Morgan fingerprint density at radius 2 is 2.00 bits per heavy atom. The van der Waals surface area contributed by atoms with Gasteiger partial charge >= 0.3 is 0 Å². The van der Waals surface area contributed by atoms with Gasteiger partial charge in [0.2, 0.25) is 0 Å². The van der Waals surface area contributed by atoms with Crippen LogP contribution in [0.15, 0.2) is 42.1 Å². The molecule has 0 bridgehead atoms. The van der Waals surface area contributed by atoms with Crippen LogP contribution in [0.1, 0.15) is 67.3 Å². The average molecular weight is 381 g/mol. The van der Waals surface area contributed by atoms with Crippen LogP contribution in [-0.2, 0) is 6.42 Å². The fourth-order valence-corrected chi connectivity index (χ4v) is 4.98. The molecule has 1 unspecified atom stereocenters. The molecule has 0 amide bonds. The van der Waals surface area contributed by atoms with Crippen molar-refractivity contribution in [3.05, 3.63) is 69.5 Å². The van der Waals surface area contributed by atoms with Gasteiger partial charge in [-0.05, 0) is 86.0 Å². The van der Waals surface area contributed by atoms with E-state index in [1.807, 2.05) is 6.20 Å². The predicted molar refractivity (Wildman–Crippen MR) is 114 cm³/mol. The molecule has 1 aromatic carbocycles.